The molecule has 3 atom stereocenters. The maximum absolute atomic E-state index is 12.8. The summed E-state index contributed by atoms with van der Waals surface area (Å²) in [5, 5.41) is 8.13. The lowest BCUT2D eigenvalue weighted by Crippen LogP contribution is -2.61. The van der Waals surface area contributed by atoms with Gasteiger partial charge in [-0.2, -0.15) is 0 Å². The number of para-hydroxylation sites is 1. The van der Waals surface area contributed by atoms with Crippen molar-refractivity contribution < 1.29 is 9.53 Å². The van der Waals surface area contributed by atoms with E-state index < -0.39 is 5.54 Å². The molecule has 1 saturated heterocycles. The third-order valence-corrected chi connectivity index (χ3v) is 6.88. The molecule has 31 heavy (non-hydrogen) atoms. The Hall–Kier alpha value is -2.01. The van der Waals surface area contributed by atoms with E-state index >= 15 is 0 Å². The number of likely N-dealkylation sites (N-methyl/N-ethyl adjacent to an activating group) is 1. The minimum Gasteiger partial charge on any atom is -0.372 e. The van der Waals surface area contributed by atoms with Gasteiger partial charge in [0, 0.05) is 32.2 Å². The zero-order chi connectivity index (χ0) is 22.3. The highest BCUT2D eigenvalue weighted by molar-refractivity contribution is 6.39. The lowest BCUT2D eigenvalue weighted by atomic mass is 9.69. The van der Waals surface area contributed by atoms with Crippen LogP contribution in [0, 0.1) is 12.0 Å². The Bertz CT molecular complexity index is 1020. The number of anilines is 1. The van der Waals surface area contributed by atoms with Crippen LogP contribution in [0.15, 0.2) is 41.1 Å². The Kier molecular flexibility index (Phi) is 6.08. The number of ketones is 1. The molecule has 0 amide bonds. The molecule has 0 radical (unpaired) electrons. The molecule has 2 aliphatic heterocycles. The predicted molar refractivity (Wildman–Crippen MR) is 123 cm³/mol. The van der Waals surface area contributed by atoms with Gasteiger partial charge in [-0.05, 0) is 44.2 Å². The zero-order valence-electron chi connectivity index (χ0n) is 18.1. The largest absolute Gasteiger partial charge is 0.372 e. The fraction of sp³-hybridized carbons (Fsp3) is 0.435. The third-order valence-electron chi connectivity index (χ3n) is 6.25. The Morgan fingerprint density at radius 3 is 2.71 bits per heavy atom. The van der Waals surface area contributed by atoms with Crippen molar-refractivity contribution in [3.8, 4) is 12.0 Å². The second-order valence-electron chi connectivity index (χ2n) is 8.24. The maximum atomic E-state index is 12.8. The first-order valence-electron chi connectivity index (χ1n) is 10.2. The molecule has 2 N–H and O–H groups in total. The van der Waals surface area contributed by atoms with Crippen LogP contribution in [-0.2, 0) is 9.53 Å². The SMILES string of the molecule is COCC#CN1C=C(C)C2=C(C)CC(=O)CC23C1NC(Nc1c(Cl)cccc1Cl)N3C. The van der Waals surface area contributed by atoms with Crippen LogP contribution < -0.4 is 10.6 Å². The Morgan fingerprint density at radius 2 is 2.03 bits per heavy atom. The number of carbonyl (C=O) groups excluding carboxylic acids is 1. The second-order valence-corrected chi connectivity index (χ2v) is 9.05. The highest BCUT2D eigenvalue weighted by atomic mass is 35.5. The van der Waals surface area contributed by atoms with Crippen LogP contribution in [0.4, 0.5) is 5.69 Å². The van der Waals surface area contributed by atoms with Crippen LogP contribution in [0.1, 0.15) is 26.7 Å². The molecule has 1 fully saturated rings. The number of methoxy groups -OCH3 is 1. The molecule has 3 aliphatic rings. The fourth-order valence-corrected chi connectivity index (χ4v) is 5.61. The van der Waals surface area contributed by atoms with Crippen LogP contribution in [0.3, 0.4) is 0 Å². The summed E-state index contributed by atoms with van der Waals surface area (Å²) < 4.78 is 5.10. The Balaban J connectivity index is 1.80. The summed E-state index contributed by atoms with van der Waals surface area (Å²) >= 11 is 12.8. The number of Topliss-reactive ketones (excluding diaryl/α,β-unsaturated/α-hetero) is 1. The monoisotopic (exact) mass is 460 g/mol. The second kappa shape index (κ2) is 8.50. The van der Waals surface area contributed by atoms with E-state index in [4.69, 9.17) is 27.9 Å². The number of hydrogen-bond acceptors (Lipinski definition) is 6. The van der Waals surface area contributed by atoms with Gasteiger partial charge < -0.3 is 10.1 Å². The van der Waals surface area contributed by atoms with Crippen LogP contribution in [0.2, 0.25) is 10.0 Å². The van der Waals surface area contributed by atoms with Gasteiger partial charge in [-0.25, -0.2) is 0 Å². The number of ether oxygens (including phenoxy) is 1. The minimum absolute atomic E-state index is 0.218. The van der Waals surface area contributed by atoms with Gasteiger partial charge in [0.15, 0.2) is 0 Å². The van der Waals surface area contributed by atoms with E-state index in [-0.39, 0.29) is 18.2 Å². The normalized spacial score (nSPS) is 28.0. The van der Waals surface area contributed by atoms with Gasteiger partial charge in [-0.15, -0.1) is 0 Å². The number of halogens is 2. The minimum atomic E-state index is -0.564. The van der Waals surface area contributed by atoms with Gasteiger partial charge in [0.2, 0.25) is 0 Å². The molecule has 4 rings (SSSR count). The van der Waals surface area contributed by atoms with Gasteiger partial charge in [-0.3, -0.25) is 19.9 Å². The summed E-state index contributed by atoms with van der Waals surface area (Å²) in [5.41, 5.74) is 3.50. The number of rotatable bonds is 3. The quantitative estimate of drug-likeness (QED) is 0.669. The van der Waals surface area contributed by atoms with Crippen molar-refractivity contribution in [3.05, 3.63) is 51.2 Å². The lowest BCUT2D eigenvalue weighted by Gasteiger charge is -2.50. The summed E-state index contributed by atoms with van der Waals surface area (Å²) in [6.45, 7) is 4.46. The summed E-state index contributed by atoms with van der Waals surface area (Å²) in [5.74, 6) is 3.26. The third kappa shape index (κ3) is 3.65. The summed E-state index contributed by atoms with van der Waals surface area (Å²) in [4.78, 5) is 16.9. The van der Waals surface area contributed by atoms with Crippen LogP contribution in [0.25, 0.3) is 0 Å². The molecule has 2 heterocycles. The van der Waals surface area contributed by atoms with Crippen molar-refractivity contribution in [1.29, 1.82) is 0 Å². The number of carbonyl (C=O) groups is 1. The number of nitrogens with zero attached hydrogens (tertiary/aromatic N) is 2. The lowest BCUT2D eigenvalue weighted by molar-refractivity contribution is -0.121. The number of allylic oxidation sites excluding steroid dienone is 1. The van der Waals surface area contributed by atoms with E-state index in [2.05, 4.69) is 34.4 Å². The molecule has 164 valence electrons. The first-order valence-corrected chi connectivity index (χ1v) is 10.9. The van der Waals surface area contributed by atoms with Gasteiger partial charge in [0.25, 0.3) is 0 Å². The molecule has 0 saturated carbocycles. The van der Waals surface area contributed by atoms with E-state index in [1.54, 1.807) is 19.2 Å². The Morgan fingerprint density at radius 1 is 1.32 bits per heavy atom. The highest BCUT2D eigenvalue weighted by Gasteiger charge is 2.60. The average Bonchev–Trinajstić information content (AvgIpc) is 2.96. The molecular weight excluding hydrogens is 435 g/mol. The van der Waals surface area contributed by atoms with Gasteiger partial charge in [-0.1, -0.05) is 40.8 Å². The molecule has 1 spiro atoms. The molecule has 1 aromatic rings. The van der Waals surface area contributed by atoms with Crippen LogP contribution >= 0.6 is 23.2 Å². The molecular formula is C23H26Cl2N4O2. The fourth-order valence-electron chi connectivity index (χ4n) is 5.10. The first-order chi connectivity index (χ1) is 14.8. The molecule has 0 aromatic heterocycles. The van der Waals surface area contributed by atoms with Crippen LogP contribution in [-0.4, -0.2) is 54.3 Å². The molecule has 6 nitrogen and oxygen atoms in total. The van der Waals surface area contributed by atoms with Gasteiger partial charge in [0.1, 0.15) is 24.8 Å². The van der Waals surface area contributed by atoms with Crippen molar-refractivity contribution in [2.45, 2.75) is 44.7 Å². The van der Waals surface area contributed by atoms with Gasteiger partial charge >= 0.3 is 0 Å². The van der Waals surface area contributed by atoms with Crippen molar-refractivity contribution >= 4 is 34.7 Å². The maximum Gasteiger partial charge on any atom is 0.139 e. The first kappa shape index (κ1) is 22.2. The zero-order valence-corrected chi connectivity index (χ0v) is 19.6. The topological polar surface area (TPSA) is 56.8 Å². The van der Waals surface area contributed by atoms with E-state index in [1.807, 2.05) is 31.1 Å². The number of benzene rings is 1. The smallest absolute Gasteiger partial charge is 0.139 e. The van der Waals surface area contributed by atoms with Crippen LogP contribution in [0.5, 0.6) is 0 Å². The molecule has 1 aliphatic carbocycles. The highest BCUT2D eigenvalue weighted by Crippen LogP contribution is 2.49. The number of hydrogen-bond donors (Lipinski definition) is 2. The van der Waals surface area contributed by atoms with Gasteiger partial charge in [0.05, 0.1) is 21.3 Å². The Labute approximate surface area is 193 Å². The molecule has 8 heteroatoms. The molecule has 3 unspecified atom stereocenters. The summed E-state index contributed by atoms with van der Waals surface area (Å²) in [6, 6.07) is 8.59. The standard InChI is InChI=1S/C23H26Cl2N4O2/c1-14-11-16(30)12-23-19(14)15(2)13-29(9-6-10-31-4)21(23)27-22(28(23)3)26-20-17(24)7-5-8-18(20)25/h5,7-8,13,21-22,26-27H,10-12H2,1-4H3. The van der Waals surface area contributed by atoms with E-state index in [9.17, 15) is 4.79 Å². The van der Waals surface area contributed by atoms with E-state index in [0.29, 0.717) is 35.2 Å². The number of nitrogens with one attached hydrogen (secondary N) is 2. The van der Waals surface area contributed by atoms with Crippen molar-refractivity contribution in [3.63, 3.8) is 0 Å². The summed E-state index contributed by atoms with van der Waals surface area (Å²) in [7, 11) is 3.63. The molecule has 0 bridgehead atoms. The van der Waals surface area contributed by atoms with E-state index in [0.717, 1.165) is 11.1 Å². The van der Waals surface area contributed by atoms with E-state index in [1.165, 1.54) is 5.57 Å². The average molecular weight is 461 g/mol. The van der Waals surface area contributed by atoms with Crippen molar-refractivity contribution in [2.24, 2.45) is 0 Å². The summed E-state index contributed by atoms with van der Waals surface area (Å²) in [6.07, 6.45) is 2.37. The van der Waals surface area contributed by atoms with Crippen molar-refractivity contribution in [1.82, 2.24) is 15.1 Å². The van der Waals surface area contributed by atoms with Crippen molar-refractivity contribution in [2.75, 3.05) is 26.1 Å². The molecule has 1 aromatic carbocycles. The predicted octanol–water partition coefficient (Wildman–Crippen LogP) is 3.79.